The quantitative estimate of drug-likeness (QED) is 0.534. The number of hydrogen-bond donors (Lipinski definition) is 2. The Labute approximate surface area is 69.6 Å². The normalized spacial score (nSPS) is 8.09. The van der Waals surface area contributed by atoms with Crippen LogP contribution in [0.5, 0.6) is 0 Å². The van der Waals surface area contributed by atoms with E-state index in [-0.39, 0.29) is 18.1 Å². The molecule has 1 aromatic carbocycles. The predicted molar refractivity (Wildman–Crippen MR) is 44.6 cm³/mol. The summed E-state index contributed by atoms with van der Waals surface area (Å²) in [5.41, 5.74) is 2.37. The fourth-order valence-corrected chi connectivity index (χ4v) is 0.648. The SMILES string of the molecule is Cl.O=Nc1ccccc1NO. The Morgan fingerprint density at radius 2 is 2.00 bits per heavy atom. The van der Waals surface area contributed by atoms with Crippen LogP contribution in [0.15, 0.2) is 29.4 Å². The highest BCUT2D eigenvalue weighted by Crippen LogP contribution is 2.22. The van der Waals surface area contributed by atoms with Crippen LogP contribution >= 0.6 is 12.4 Å². The molecule has 5 heteroatoms. The standard InChI is InChI=1S/C6H6N2O2.ClH/c9-7-5-3-1-2-4-6(5)8-10;/h1-4,7,9H;1H. The third-order valence-corrected chi connectivity index (χ3v) is 1.12. The van der Waals surface area contributed by atoms with Gasteiger partial charge in [-0.2, -0.15) is 0 Å². The lowest BCUT2D eigenvalue weighted by molar-refractivity contribution is 0.389. The van der Waals surface area contributed by atoms with Crippen LogP contribution in [-0.4, -0.2) is 5.21 Å². The van der Waals surface area contributed by atoms with E-state index in [2.05, 4.69) is 5.18 Å². The predicted octanol–water partition coefficient (Wildman–Crippen LogP) is 2.31. The zero-order valence-electron chi connectivity index (χ0n) is 5.52. The van der Waals surface area contributed by atoms with E-state index in [4.69, 9.17) is 5.21 Å². The van der Waals surface area contributed by atoms with E-state index in [1.165, 1.54) is 6.07 Å². The van der Waals surface area contributed by atoms with Gasteiger partial charge < -0.3 is 0 Å². The van der Waals surface area contributed by atoms with Crippen LogP contribution in [0.3, 0.4) is 0 Å². The average Bonchev–Trinajstić information content (AvgIpc) is 2.04. The van der Waals surface area contributed by atoms with Gasteiger partial charge in [0.1, 0.15) is 5.69 Å². The minimum absolute atomic E-state index is 0. The van der Waals surface area contributed by atoms with Crippen molar-refractivity contribution in [2.45, 2.75) is 0 Å². The van der Waals surface area contributed by atoms with Gasteiger partial charge in [-0.3, -0.25) is 10.7 Å². The molecule has 0 saturated heterocycles. The van der Waals surface area contributed by atoms with Crippen molar-refractivity contribution in [3.63, 3.8) is 0 Å². The summed E-state index contributed by atoms with van der Waals surface area (Å²) >= 11 is 0. The van der Waals surface area contributed by atoms with Crippen LogP contribution in [0.25, 0.3) is 0 Å². The molecule has 0 heterocycles. The Hall–Kier alpha value is -1.13. The van der Waals surface area contributed by atoms with Crippen LogP contribution in [0.4, 0.5) is 11.4 Å². The lowest BCUT2D eigenvalue weighted by Gasteiger charge is -1.97. The van der Waals surface area contributed by atoms with E-state index in [0.717, 1.165) is 0 Å². The molecule has 0 amide bonds. The van der Waals surface area contributed by atoms with Crippen LogP contribution < -0.4 is 5.48 Å². The van der Waals surface area contributed by atoms with Gasteiger partial charge in [0.25, 0.3) is 0 Å². The smallest absolute Gasteiger partial charge is 0.133 e. The number of anilines is 1. The molecule has 0 fully saturated rings. The number of nitrogens with one attached hydrogen (secondary N) is 1. The molecule has 0 aliphatic rings. The van der Waals surface area contributed by atoms with Crippen molar-refractivity contribution in [3.05, 3.63) is 29.2 Å². The van der Waals surface area contributed by atoms with Gasteiger partial charge >= 0.3 is 0 Å². The second-order valence-corrected chi connectivity index (χ2v) is 1.72. The first-order valence-corrected chi connectivity index (χ1v) is 2.71. The first-order valence-electron chi connectivity index (χ1n) is 2.71. The number of nitrogens with zero attached hydrogens (tertiary/aromatic N) is 1. The molecule has 11 heavy (non-hydrogen) atoms. The number of nitroso groups, excluding NO2 is 1. The van der Waals surface area contributed by atoms with E-state index in [0.29, 0.717) is 5.69 Å². The Morgan fingerprint density at radius 1 is 1.36 bits per heavy atom. The Bertz CT molecular complexity index is 242. The lowest BCUT2D eigenvalue weighted by atomic mass is 10.3. The summed E-state index contributed by atoms with van der Waals surface area (Å²) in [7, 11) is 0. The van der Waals surface area contributed by atoms with E-state index in [1.54, 1.807) is 18.2 Å². The van der Waals surface area contributed by atoms with Gasteiger partial charge in [0.15, 0.2) is 0 Å². The fourth-order valence-electron chi connectivity index (χ4n) is 0.648. The number of hydrogen-bond acceptors (Lipinski definition) is 4. The largest absolute Gasteiger partial charge is 0.291 e. The summed E-state index contributed by atoms with van der Waals surface area (Å²) < 4.78 is 0. The molecule has 0 atom stereocenters. The van der Waals surface area contributed by atoms with Gasteiger partial charge in [0.05, 0.1) is 5.69 Å². The maximum Gasteiger partial charge on any atom is 0.133 e. The second-order valence-electron chi connectivity index (χ2n) is 1.72. The summed E-state index contributed by atoms with van der Waals surface area (Å²) in [6, 6.07) is 6.41. The summed E-state index contributed by atoms with van der Waals surface area (Å²) in [6.45, 7) is 0. The van der Waals surface area contributed by atoms with Crippen molar-refractivity contribution >= 4 is 23.8 Å². The molecule has 0 unspecified atom stereocenters. The van der Waals surface area contributed by atoms with Crippen molar-refractivity contribution < 1.29 is 5.21 Å². The molecule has 60 valence electrons. The first kappa shape index (κ1) is 9.87. The zero-order chi connectivity index (χ0) is 7.40. The molecule has 0 bridgehead atoms. The van der Waals surface area contributed by atoms with Gasteiger partial charge in [-0.25, -0.2) is 0 Å². The van der Waals surface area contributed by atoms with E-state index < -0.39 is 0 Å². The summed E-state index contributed by atoms with van der Waals surface area (Å²) in [5.74, 6) is 0. The summed E-state index contributed by atoms with van der Waals surface area (Å²) in [4.78, 5) is 9.99. The third-order valence-electron chi connectivity index (χ3n) is 1.12. The topological polar surface area (TPSA) is 61.7 Å². The maximum atomic E-state index is 9.99. The Morgan fingerprint density at radius 3 is 2.45 bits per heavy atom. The molecule has 0 spiro atoms. The highest BCUT2D eigenvalue weighted by Gasteiger charge is 1.96. The van der Waals surface area contributed by atoms with Crippen molar-refractivity contribution in [1.82, 2.24) is 0 Å². The summed E-state index contributed by atoms with van der Waals surface area (Å²) in [6.07, 6.45) is 0. The van der Waals surface area contributed by atoms with Gasteiger partial charge in [0, 0.05) is 0 Å². The molecule has 0 saturated carbocycles. The zero-order valence-corrected chi connectivity index (χ0v) is 6.34. The molecule has 4 nitrogen and oxygen atoms in total. The molecule has 0 radical (unpaired) electrons. The van der Waals surface area contributed by atoms with E-state index in [9.17, 15) is 4.91 Å². The maximum absolute atomic E-state index is 9.99. The molecule has 1 rings (SSSR count). The van der Waals surface area contributed by atoms with Crippen LogP contribution in [0, 0.1) is 4.91 Å². The molecular weight excluding hydrogens is 168 g/mol. The van der Waals surface area contributed by atoms with Crippen molar-refractivity contribution in [2.24, 2.45) is 5.18 Å². The van der Waals surface area contributed by atoms with E-state index >= 15 is 0 Å². The van der Waals surface area contributed by atoms with Crippen LogP contribution in [0.2, 0.25) is 0 Å². The summed E-state index contributed by atoms with van der Waals surface area (Å²) in [5, 5.41) is 11.1. The van der Waals surface area contributed by atoms with Gasteiger partial charge in [0.2, 0.25) is 0 Å². The minimum Gasteiger partial charge on any atom is -0.291 e. The van der Waals surface area contributed by atoms with Gasteiger partial charge in [-0.1, -0.05) is 12.1 Å². The van der Waals surface area contributed by atoms with Crippen molar-refractivity contribution in [2.75, 3.05) is 5.48 Å². The molecular formula is C6H7ClN2O2. The molecule has 0 aliphatic heterocycles. The highest BCUT2D eigenvalue weighted by molar-refractivity contribution is 5.85. The van der Waals surface area contributed by atoms with Gasteiger partial charge in [-0.05, 0) is 17.3 Å². The number of benzene rings is 1. The minimum atomic E-state index is 0. The molecule has 1 aromatic rings. The van der Waals surface area contributed by atoms with Crippen LogP contribution in [-0.2, 0) is 0 Å². The van der Waals surface area contributed by atoms with Crippen molar-refractivity contribution in [1.29, 1.82) is 0 Å². The monoisotopic (exact) mass is 174 g/mol. The highest BCUT2D eigenvalue weighted by atomic mass is 35.5. The number of halogens is 1. The average molecular weight is 175 g/mol. The van der Waals surface area contributed by atoms with Gasteiger partial charge in [-0.15, -0.1) is 17.3 Å². The lowest BCUT2D eigenvalue weighted by Crippen LogP contribution is -1.87. The van der Waals surface area contributed by atoms with E-state index in [1.807, 2.05) is 5.48 Å². The molecule has 0 aromatic heterocycles. The Balaban J connectivity index is 0.000001000. The van der Waals surface area contributed by atoms with Crippen molar-refractivity contribution in [3.8, 4) is 0 Å². The molecule has 0 aliphatic carbocycles. The fraction of sp³-hybridized carbons (Fsp3) is 0. The number of rotatable bonds is 2. The molecule has 2 N–H and O–H groups in total. The number of para-hydroxylation sites is 1. The first-order chi connectivity index (χ1) is 4.88. The Kier molecular flexibility index (Phi) is 4.17. The second kappa shape index (κ2) is 4.65. The third kappa shape index (κ3) is 2.18. The van der Waals surface area contributed by atoms with Crippen LogP contribution in [0.1, 0.15) is 0 Å².